The molecule has 4 nitrogen and oxygen atoms in total. The van der Waals surface area contributed by atoms with Crippen molar-refractivity contribution in [1.29, 1.82) is 0 Å². The van der Waals surface area contributed by atoms with Crippen LogP contribution in [0.2, 0.25) is 0 Å². The van der Waals surface area contributed by atoms with Crippen molar-refractivity contribution in [2.24, 2.45) is 0 Å². The van der Waals surface area contributed by atoms with E-state index in [1.807, 2.05) is 12.1 Å². The highest BCUT2D eigenvalue weighted by molar-refractivity contribution is 5.95. The van der Waals surface area contributed by atoms with Crippen molar-refractivity contribution in [2.45, 2.75) is 19.8 Å². The molecule has 0 atom stereocenters. The molecule has 3 aromatic rings. The zero-order chi connectivity index (χ0) is 12.0. The van der Waals surface area contributed by atoms with Crippen LogP contribution < -0.4 is 5.73 Å². The smallest absolute Gasteiger partial charge is 0.231 e. The molecule has 0 aliphatic rings. The van der Waals surface area contributed by atoms with Crippen LogP contribution in [0.25, 0.3) is 21.9 Å². The molecular weight excluding hydrogens is 214 g/mol. The summed E-state index contributed by atoms with van der Waals surface area (Å²) < 4.78 is 4.93. The Balaban J connectivity index is 2.34. The van der Waals surface area contributed by atoms with Crippen molar-refractivity contribution in [3.05, 3.63) is 29.8 Å². The largest absolute Gasteiger partial charge is 0.367 e. The molecule has 0 saturated carbocycles. The molecule has 0 fully saturated rings. The lowest BCUT2D eigenvalue weighted by Gasteiger charge is -2.06. The van der Waals surface area contributed by atoms with Gasteiger partial charge in [0.25, 0.3) is 0 Å². The van der Waals surface area contributed by atoms with E-state index in [-0.39, 0.29) is 0 Å². The number of rotatable bonds is 1. The summed E-state index contributed by atoms with van der Waals surface area (Å²) in [6.45, 7) is 4.34. The number of fused-ring (bicyclic) bond motifs is 2. The Hall–Kier alpha value is -2.10. The molecule has 0 spiro atoms. The van der Waals surface area contributed by atoms with Crippen molar-refractivity contribution in [1.82, 2.24) is 10.1 Å². The van der Waals surface area contributed by atoms with E-state index in [0.29, 0.717) is 17.4 Å². The first-order chi connectivity index (χ1) is 8.15. The third kappa shape index (κ3) is 1.53. The van der Waals surface area contributed by atoms with Crippen LogP contribution in [-0.2, 0) is 0 Å². The van der Waals surface area contributed by atoms with Crippen LogP contribution in [-0.4, -0.2) is 10.1 Å². The minimum absolute atomic E-state index is 0.323. The third-order valence-electron chi connectivity index (χ3n) is 2.98. The lowest BCUT2D eigenvalue weighted by Crippen LogP contribution is -1.89. The minimum atomic E-state index is 0.323. The summed E-state index contributed by atoms with van der Waals surface area (Å²) >= 11 is 0. The van der Waals surface area contributed by atoms with E-state index in [4.69, 9.17) is 10.3 Å². The summed E-state index contributed by atoms with van der Waals surface area (Å²) in [5.74, 6) is 0.819. The maximum Gasteiger partial charge on any atom is 0.231 e. The van der Waals surface area contributed by atoms with Gasteiger partial charge in [-0.3, -0.25) is 0 Å². The van der Waals surface area contributed by atoms with Gasteiger partial charge < -0.3 is 10.3 Å². The second kappa shape index (κ2) is 3.45. The average Bonchev–Trinajstić information content (AvgIpc) is 2.67. The number of aromatic nitrogens is 2. The highest BCUT2D eigenvalue weighted by atomic mass is 16.5. The fourth-order valence-corrected chi connectivity index (χ4v) is 1.94. The first kappa shape index (κ1) is 10.1. The van der Waals surface area contributed by atoms with E-state index in [9.17, 15) is 0 Å². The van der Waals surface area contributed by atoms with E-state index in [0.717, 1.165) is 16.3 Å². The van der Waals surface area contributed by atoms with Crippen LogP contribution >= 0.6 is 0 Å². The van der Waals surface area contributed by atoms with Crippen LogP contribution in [0.15, 0.2) is 28.8 Å². The number of benzene rings is 1. The Kier molecular flexibility index (Phi) is 2.04. The molecule has 2 aromatic heterocycles. The number of nitrogens with two attached hydrogens (primary N) is 1. The number of nitrogen functional groups attached to an aromatic ring is 1. The molecule has 0 unspecified atom stereocenters. The molecule has 86 valence electrons. The Bertz CT molecular complexity index is 700. The predicted molar refractivity (Wildman–Crippen MR) is 67.8 cm³/mol. The van der Waals surface area contributed by atoms with Gasteiger partial charge >= 0.3 is 0 Å². The molecule has 2 N–H and O–H groups in total. The number of nitrogens with zero attached hydrogens (tertiary/aromatic N) is 2. The summed E-state index contributed by atoms with van der Waals surface area (Å²) in [6.07, 6.45) is 0. The van der Waals surface area contributed by atoms with Gasteiger partial charge in [0, 0.05) is 5.39 Å². The van der Waals surface area contributed by atoms with Crippen molar-refractivity contribution in [3.8, 4) is 0 Å². The van der Waals surface area contributed by atoms with E-state index in [2.05, 4.69) is 36.1 Å². The lowest BCUT2D eigenvalue weighted by atomic mass is 10.0. The second-order valence-electron chi connectivity index (χ2n) is 4.51. The first-order valence-corrected chi connectivity index (χ1v) is 5.60. The molecule has 0 amide bonds. The van der Waals surface area contributed by atoms with Crippen molar-refractivity contribution < 1.29 is 4.52 Å². The Morgan fingerprint density at radius 1 is 1.24 bits per heavy atom. The Morgan fingerprint density at radius 3 is 2.82 bits per heavy atom. The Labute approximate surface area is 98.4 Å². The van der Waals surface area contributed by atoms with E-state index in [1.165, 1.54) is 5.56 Å². The Morgan fingerprint density at radius 2 is 2.06 bits per heavy atom. The zero-order valence-electron chi connectivity index (χ0n) is 9.77. The SMILES string of the molecule is CC(C)c1ccc2nc3noc(N)c3cc2c1. The monoisotopic (exact) mass is 227 g/mol. The lowest BCUT2D eigenvalue weighted by molar-refractivity contribution is 0.443. The standard InChI is InChI=1S/C13H13N3O/c1-7(2)8-3-4-11-9(5-8)6-10-12(14)17-16-13(10)15-11/h3-7H,14H2,1-2H3. The van der Waals surface area contributed by atoms with Gasteiger partial charge in [0.15, 0.2) is 0 Å². The molecule has 1 aromatic carbocycles. The number of pyridine rings is 1. The van der Waals surface area contributed by atoms with E-state index in [1.54, 1.807) is 0 Å². The third-order valence-corrected chi connectivity index (χ3v) is 2.98. The van der Waals surface area contributed by atoms with Gasteiger partial charge in [-0.15, -0.1) is 0 Å². The molecule has 4 heteroatoms. The van der Waals surface area contributed by atoms with Gasteiger partial charge in [-0.05, 0) is 29.7 Å². The predicted octanol–water partition coefficient (Wildman–Crippen LogP) is 3.08. The summed E-state index contributed by atoms with van der Waals surface area (Å²) in [5, 5.41) is 5.66. The van der Waals surface area contributed by atoms with E-state index < -0.39 is 0 Å². The molecule has 0 bridgehead atoms. The van der Waals surface area contributed by atoms with Crippen LogP contribution in [0.1, 0.15) is 25.3 Å². The maximum atomic E-state index is 5.70. The molecule has 2 heterocycles. The minimum Gasteiger partial charge on any atom is -0.367 e. The van der Waals surface area contributed by atoms with Crippen molar-refractivity contribution in [2.75, 3.05) is 5.73 Å². The molecule has 0 aliphatic carbocycles. The van der Waals surface area contributed by atoms with E-state index >= 15 is 0 Å². The van der Waals surface area contributed by atoms with Gasteiger partial charge in [-0.1, -0.05) is 25.1 Å². The normalized spacial score (nSPS) is 11.7. The summed E-state index contributed by atoms with van der Waals surface area (Å²) in [7, 11) is 0. The van der Waals surface area contributed by atoms with Gasteiger partial charge in [-0.25, -0.2) is 4.98 Å². The summed E-state index contributed by atoms with van der Waals surface area (Å²) in [5.41, 5.74) is 8.46. The molecule has 0 aliphatic heterocycles. The molecule has 17 heavy (non-hydrogen) atoms. The fourth-order valence-electron chi connectivity index (χ4n) is 1.94. The topological polar surface area (TPSA) is 64.9 Å². The van der Waals surface area contributed by atoms with Gasteiger partial charge in [0.1, 0.15) is 0 Å². The number of anilines is 1. The molecule has 0 saturated heterocycles. The van der Waals surface area contributed by atoms with Crippen molar-refractivity contribution in [3.63, 3.8) is 0 Å². The molecular formula is C13H13N3O. The number of hydrogen-bond donors (Lipinski definition) is 1. The first-order valence-electron chi connectivity index (χ1n) is 5.60. The summed E-state index contributed by atoms with van der Waals surface area (Å²) in [6, 6.07) is 8.22. The van der Waals surface area contributed by atoms with Crippen LogP contribution in [0.4, 0.5) is 5.88 Å². The zero-order valence-corrected chi connectivity index (χ0v) is 9.77. The van der Waals surface area contributed by atoms with Gasteiger partial charge in [0.05, 0.1) is 10.9 Å². The molecule has 3 rings (SSSR count). The van der Waals surface area contributed by atoms with Gasteiger partial charge in [-0.2, -0.15) is 0 Å². The average molecular weight is 227 g/mol. The number of hydrogen-bond acceptors (Lipinski definition) is 4. The highest BCUT2D eigenvalue weighted by Crippen LogP contribution is 2.26. The van der Waals surface area contributed by atoms with Crippen LogP contribution in [0.3, 0.4) is 0 Å². The highest BCUT2D eigenvalue weighted by Gasteiger charge is 2.09. The van der Waals surface area contributed by atoms with Crippen LogP contribution in [0.5, 0.6) is 0 Å². The quantitative estimate of drug-likeness (QED) is 0.693. The second-order valence-corrected chi connectivity index (χ2v) is 4.51. The fraction of sp³-hybridized carbons (Fsp3) is 0.231. The van der Waals surface area contributed by atoms with Gasteiger partial charge in [0.2, 0.25) is 11.5 Å². The van der Waals surface area contributed by atoms with Crippen molar-refractivity contribution >= 4 is 27.8 Å². The molecule has 0 radical (unpaired) electrons. The maximum absolute atomic E-state index is 5.70. The summed E-state index contributed by atoms with van der Waals surface area (Å²) in [4.78, 5) is 4.41. The van der Waals surface area contributed by atoms with Crippen LogP contribution in [0, 0.1) is 0 Å².